The largest absolute Gasteiger partial charge is 0.487 e. The molecule has 114 valence electrons. The average molecular weight is 318 g/mol. The molecule has 0 saturated carbocycles. The summed E-state index contributed by atoms with van der Waals surface area (Å²) in [5.41, 5.74) is 1.18. The number of aromatic nitrogens is 1. The first kappa shape index (κ1) is 15.6. The molecule has 1 aromatic carbocycles. The van der Waals surface area contributed by atoms with E-state index in [0.29, 0.717) is 17.1 Å². The summed E-state index contributed by atoms with van der Waals surface area (Å²) in [5, 5.41) is 0. The van der Waals surface area contributed by atoms with Crippen LogP contribution in [-0.4, -0.2) is 17.7 Å². The number of hydrogen-bond donors (Lipinski definition) is 0. The number of oxazole rings is 1. The van der Waals surface area contributed by atoms with Crippen LogP contribution < -0.4 is 9.47 Å². The van der Waals surface area contributed by atoms with E-state index in [1.807, 2.05) is 0 Å². The lowest BCUT2D eigenvalue weighted by molar-refractivity contribution is -0.0518. The van der Waals surface area contributed by atoms with Crippen molar-refractivity contribution in [2.75, 3.05) is 0 Å². The zero-order valence-electron chi connectivity index (χ0n) is 11.5. The molecule has 0 N–H and O–H groups in total. The summed E-state index contributed by atoms with van der Waals surface area (Å²) in [7, 11) is 0. The minimum Gasteiger partial charge on any atom is -0.487 e. The molecule has 0 aliphatic rings. The molecule has 0 fully saturated rings. The van der Waals surface area contributed by atoms with Gasteiger partial charge in [-0.05, 0) is 32.0 Å². The van der Waals surface area contributed by atoms with Gasteiger partial charge in [0.15, 0.2) is 11.5 Å². The van der Waals surface area contributed by atoms with E-state index in [1.54, 1.807) is 26.0 Å². The summed E-state index contributed by atoms with van der Waals surface area (Å²) >= 11 is 5.66. The Balaban J connectivity index is 2.35. The van der Waals surface area contributed by atoms with Gasteiger partial charge in [-0.1, -0.05) is 0 Å². The Hall–Kier alpha value is -1.82. The van der Waals surface area contributed by atoms with Gasteiger partial charge in [-0.3, -0.25) is 0 Å². The molecule has 0 bridgehead atoms. The van der Waals surface area contributed by atoms with Gasteiger partial charge in [0.1, 0.15) is 6.26 Å². The Kier molecular flexibility index (Phi) is 5.01. The Morgan fingerprint density at radius 1 is 1.24 bits per heavy atom. The van der Waals surface area contributed by atoms with Gasteiger partial charge in [0, 0.05) is 5.56 Å². The Labute approximate surface area is 125 Å². The van der Waals surface area contributed by atoms with Crippen molar-refractivity contribution in [1.29, 1.82) is 0 Å². The highest BCUT2D eigenvalue weighted by atomic mass is 35.5. The Morgan fingerprint density at radius 3 is 2.57 bits per heavy atom. The zero-order chi connectivity index (χ0) is 15.4. The van der Waals surface area contributed by atoms with Gasteiger partial charge in [0.05, 0.1) is 17.7 Å². The summed E-state index contributed by atoms with van der Waals surface area (Å²) in [6.45, 7) is 0.653. The minimum absolute atomic E-state index is 0.0356. The van der Waals surface area contributed by atoms with Crippen LogP contribution in [0.25, 0.3) is 11.5 Å². The second-order valence-electron chi connectivity index (χ2n) is 4.48. The molecule has 0 amide bonds. The van der Waals surface area contributed by atoms with Crippen LogP contribution in [0.15, 0.2) is 28.9 Å². The summed E-state index contributed by atoms with van der Waals surface area (Å²) in [4.78, 5) is 4.17. The van der Waals surface area contributed by atoms with E-state index >= 15 is 0 Å². The fraction of sp³-hybridized carbons (Fsp3) is 0.357. The highest BCUT2D eigenvalue weighted by Crippen LogP contribution is 2.34. The van der Waals surface area contributed by atoms with E-state index in [0.717, 1.165) is 0 Å². The van der Waals surface area contributed by atoms with Crippen LogP contribution in [0.1, 0.15) is 19.5 Å². The maximum atomic E-state index is 12.4. The van der Waals surface area contributed by atoms with Gasteiger partial charge in [0.25, 0.3) is 0 Å². The van der Waals surface area contributed by atoms with E-state index < -0.39 is 6.61 Å². The molecule has 1 heterocycles. The molecule has 7 heteroatoms. The van der Waals surface area contributed by atoms with E-state index in [1.165, 1.54) is 12.3 Å². The second kappa shape index (κ2) is 6.76. The van der Waals surface area contributed by atoms with Crippen molar-refractivity contribution in [3.63, 3.8) is 0 Å². The van der Waals surface area contributed by atoms with Crippen LogP contribution in [0.3, 0.4) is 0 Å². The van der Waals surface area contributed by atoms with Crippen LogP contribution in [-0.2, 0) is 5.88 Å². The molecule has 0 unspecified atom stereocenters. The third kappa shape index (κ3) is 4.07. The minimum atomic E-state index is -2.92. The first-order chi connectivity index (χ1) is 9.99. The maximum absolute atomic E-state index is 12.4. The first-order valence-corrected chi connectivity index (χ1v) is 6.79. The normalized spacial score (nSPS) is 11.2. The van der Waals surface area contributed by atoms with Gasteiger partial charge < -0.3 is 13.9 Å². The summed E-state index contributed by atoms with van der Waals surface area (Å²) in [5.74, 6) is 0.730. The van der Waals surface area contributed by atoms with Gasteiger partial charge >= 0.3 is 6.61 Å². The lowest BCUT2D eigenvalue weighted by atomic mass is 10.2. The summed E-state index contributed by atoms with van der Waals surface area (Å²) in [6, 6.07) is 4.50. The number of alkyl halides is 3. The van der Waals surface area contributed by atoms with Crippen LogP contribution in [0, 0.1) is 0 Å². The molecule has 2 aromatic rings. The van der Waals surface area contributed by atoms with Gasteiger partial charge in [0.2, 0.25) is 5.89 Å². The number of hydrogen-bond acceptors (Lipinski definition) is 4. The second-order valence-corrected chi connectivity index (χ2v) is 4.75. The Bertz CT molecular complexity index is 602. The molecule has 0 aliphatic heterocycles. The molecule has 0 spiro atoms. The summed E-state index contributed by atoms with van der Waals surface area (Å²) in [6.07, 6.45) is 1.25. The SMILES string of the molecule is CC(C)Oc1cc(-c2nc(CCl)co2)ccc1OC(F)F. The van der Waals surface area contributed by atoms with Crippen LogP contribution in [0.4, 0.5) is 8.78 Å². The molecule has 1 aromatic heterocycles. The molecule has 4 nitrogen and oxygen atoms in total. The molecule has 0 atom stereocenters. The van der Waals surface area contributed by atoms with Crippen molar-refractivity contribution < 1.29 is 22.7 Å². The monoisotopic (exact) mass is 317 g/mol. The van der Waals surface area contributed by atoms with Crippen molar-refractivity contribution in [1.82, 2.24) is 4.98 Å². The van der Waals surface area contributed by atoms with Gasteiger partial charge in [-0.15, -0.1) is 11.6 Å². The highest BCUT2D eigenvalue weighted by molar-refractivity contribution is 6.16. The van der Waals surface area contributed by atoms with Gasteiger partial charge in [-0.25, -0.2) is 4.98 Å². The van der Waals surface area contributed by atoms with Crippen LogP contribution in [0.5, 0.6) is 11.5 Å². The van der Waals surface area contributed by atoms with Crippen molar-refractivity contribution in [3.05, 3.63) is 30.2 Å². The molecular formula is C14H14ClF2NO3. The van der Waals surface area contributed by atoms with E-state index in [-0.39, 0.29) is 23.5 Å². The topological polar surface area (TPSA) is 44.5 Å². The maximum Gasteiger partial charge on any atom is 0.387 e. The van der Waals surface area contributed by atoms with Crippen LogP contribution in [0.2, 0.25) is 0 Å². The third-order valence-electron chi connectivity index (χ3n) is 2.46. The quantitative estimate of drug-likeness (QED) is 0.737. The third-order valence-corrected chi connectivity index (χ3v) is 2.73. The number of rotatable bonds is 6. The molecule has 2 rings (SSSR count). The van der Waals surface area contributed by atoms with Crippen LogP contribution >= 0.6 is 11.6 Å². The number of ether oxygens (including phenoxy) is 2. The fourth-order valence-electron chi connectivity index (χ4n) is 1.68. The lowest BCUT2D eigenvalue weighted by Crippen LogP contribution is -2.09. The smallest absolute Gasteiger partial charge is 0.387 e. The van der Waals surface area contributed by atoms with Crippen molar-refractivity contribution in [2.45, 2.75) is 32.4 Å². The van der Waals surface area contributed by atoms with Crippen molar-refractivity contribution >= 4 is 11.6 Å². The standard InChI is InChI=1S/C14H14ClF2NO3/c1-8(2)20-12-5-9(3-4-11(12)21-14(16)17)13-18-10(6-15)7-19-13/h3-5,7-8,14H,6H2,1-2H3. The fourth-order valence-corrected chi connectivity index (χ4v) is 1.80. The van der Waals surface area contributed by atoms with Gasteiger partial charge in [-0.2, -0.15) is 8.78 Å². The van der Waals surface area contributed by atoms with Crippen molar-refractivity contribution in [2.24, 2.45) is 0 Å². The van der Waals surface area contributed by atoms with E-state index in [2.05, 4.69) is 9.72 Å². The van der Waals surface area contributed by atoms with Crippen molar-refractivity contribution in [3.8, 4) is 23.0 Å². The lowest BCUT2D eigenvalue weighted by Gasteiger charge is -2.15. The zero-order valence-corrected chi connectivity index (χ0v) is 12.2. The number of nitrogens with zero attached hydrogens (tertiary/aromatic N) is 1. The molecule has 21 heavy (non-hydrogen) atoms. The molecular weight excluding hydrogens is 304 g/mol. The Morgan fingerprint density at radius 2 is 2.00 bits per heavy atom. The highest BCUT2D eigenvalue weighted by Gasteiger charge is 2.15. The van der Waals surface area contributed by atoms with E-state index in [9.17, 15) is 8.78 Å². The molecule has 0 saturated heterocycles. The number of benzene rings is 1. The summed E-state index contributed by atoms with van der Waals surface area (Å²) < 4.78 is 40.0. The average Bonchev–Trinajstić information content (AvgIpc) is 2.88. The first-order valence-electron chi connectivity index (χ1n) is 6.26. The molecule has 0 aliphatic carbocycles. The predicted octanol–water partition coefficient (Wildman–Crippen LogP) is 4.47. The van der Waals surface area contributed by atoms with E-state index in [4.69, 9.17) is 20.8 Å². The molecule has 0 radical (unpaired) electrons. The predicted molar refractivity (Wildman–Crippen MR) is 73.9 cm³/mol. The number of halogens is 3.